The van der Waals surface area contributed by atoms with Crippen LogP contribution in [0.5, 0.6) is 0 Å². The Morgan fingerprint density at radius 2 is 1.88 bits per heavy atom. The third-order valence-corrected chi connectivity index (χ3v) is 6.58. The van der Waals surface area contributed by atoms with Crippen molar-refractivity contribution in [3.05, 3.63) is 83.2 Å². The molecule has 1 aliphatic heterocycles. The van der Waals surface area contributed by atoms with Crippen molar-refractivity contribution in [2.75, 3.05) is 27.2 Å². The predicted octanol–water partition coefficient (Wildman–Crippen LogP) is 3.87. The molecule has 1 N–H and O–H groups in total. The summed E-state index contributed by atoms with van der Waals surface area (Å²) < 4.78 is 2.39. The van der Waals surface area contributed by atoms with E-state index in [4.69, 9.17) is 12.2 Å². The van der Waals surface area contributed by atoms with Crippen LogP contribution in [0.2, 0.25) is 0 Å². The molecule has 2 atom stereocenters. The lowest BCUT2D eigenvalue weighted by Gasteiger charge is -2.28. The summed E-state index contributed by atoms with van der Waals surface area (Å²) in [5, 5.41) is 4.38. The molecule has 0 radical (unpaired) electrons. The Kier molecular flexibility index (Phi) is 6.86. The molecule has 0 aromatic carbocycles. The van der Waals surface area contributed by atoms with Gasteiger partial charge in [0.1, 0.15) is 0 Å². The minimum atomic E-state index is 0.0259. The van der Waals surface area contributed by atoms with Crippen LogP contribution in [0, 0.1) is 13.8 Å². The Hall–Kier alpha value is -2.77. The van der Waals surface area contributed by atoms with E-state index in [0.717, 1.165) is 36.9 Å². The van der Waals surface area contributed by atoms with Gasteiger partial charge in [-0.05, 0) is 94.6 Å². The van der Waals surface area contributed by atoms with Crippen LogP contribution < -0.4 is 5.32 Å². The number of pyridine rings is 2. The van der Waals surface area contributed by atoms with E-state index in [1.807, 2.05) is 30.7 Å². The second kappa shape index (κ2) is 9.79. The van der Waals surface area contributed by atoms with Gasteiger partial charge in [0.15, 0.2) is 5.11 Å². The van der Waals surface area contributed by atoms with Crippen molar-refractivity contribution >= 4 is 17.3 Å². The number of rotatable bonds is 8. The lowest BCUT2D eigenvalue weighted by Crippen LogP contribution is -2.32. The van der Waals surface area contributed by atoms with Crippen molar-refractivity contribution in [1.82, 2.24) is 29.7 Å². The van der Waals surface area contributed by atoms with E-state index in [2.05, 4.69) is 81.9 Å². The van der Waals surface area contributed by atoms with Crippen molar-refractivity contribution in [2.24, 2.45) is 0 Å². The number of aryl methyl sites for hydroxylation is 1. The van der Waals surface area contributed by atoms with Crippen LogP contribution >= 0.6 is 12.2 Å². The first-order valence-electron chi connectivity index (χ1n) is 11.1. The monoisotopic (exact) mass is 448 g/mol. The molecular formula is C25H32N6S. The molecule has 0 aliphatic carbocycles. The fraction of sp³-hybridized carbons (Fsp3) is 0.400. The first kappa shape index (κ1) is 22.4. The molecule has 0 saturated carbocycles. The lowest BCUT2D eigenvalue weighted by atomic mass is 9.96. The molecule has 0 spiro atoms. The molecule has 2 unspecified atom stereocenters. The third-order valence-electron chi connectivity index (χ3n) is 6.22. The molecule has 0 bridgehead atoms. The van der Waals surface area contributed by atoms with Crippen LogP contribution in [0.4, 0.5) is 0 Å². The first-order chi connectivity index (χ1) is 15.5. The highest BCUT2D eigenvalue weighted by Gasteiger charge is 2.41. The van der Waals surface area contributed by atoms with Gasteiger partial charge in [-0.3, -0.25) is 9.97 Å². The Bertz CT molecular complexity index is 1050. The number of nitrogens with one attached hydrogen (secondary N) is 1. The minimum absolute atomic E-state index is 0.0259. The normalized spacial score (nSPS) is 18.4. The van der Waals surface area contributed by atoms with Crippen LogP contribution in [-0.4, -0.2) is 56.6 Å². The van der Waals surface area contributed by atoms with Crippen molar-refractivity contribution in [1.29, 1.82) is 0 Å². The molecule has 3 aromatic heterocycles. The highest BCUT2D eigenvalue weighted by Crippen LogP contribution is 2.41. The molecule has 32 heavy (non-hydrogen) atoms. The van der Waals surface area contributed by atoms with Crippen LogP contribution in [0.3, 0.4) is 0 Å². The summed E-state index contributed by atoms with van der Waals surface area (Å²) in [6.45, 7) is 7.18. The Morgan fingerprint density at radius 3 is 2.56 bits per heavy atom. The Labute approximate surface area is 196 Å². The topological polar surface area (TPSA) is 49.2 Å². The van der Waals surface area contributed by atoms with E-state index in [0.29, 0.717) is 0 Å². The molecule has 7 heteroatoms. The molecule has 168 valence electrons. The van der Waals surface area contributed by atoms with Crippen molar-refractivity contribution in [3.63, 3.8) is 0 Å². The van der Waals surface area contributed by atoms with Gasteiger partial charge in [0.25, 0.3) is 0 Å². The third kappa shape index (κ3) is 4.69. The van der Waals surface area contributed by atoms with E-state index >= 15 is 0 Å². The molecule has 6 nitrogen and oxygen atoms in total. The summed E-state index contributed by atoms with van der Waals surface area (Å²) in [6, 6.07) is 12.7. The Balaban J connectivity index is 1.70. The van der Waals surface area contributed by atoms with Gasteiger partial charge < -0.3 is 19.7 Å². The highest BCUT2D eigenvalue weighted by molar-refractivity contribution is 7.80. The van der Waals surface area contributed by atoms with Crippen molar-refractivity contribution in [2.45, 2.75) is 38.9 Å². The van der Waals surface area contributed by atoms with Gasteiger partial charge in [-0.15, -0.1) is 0 Å². The molecule has 4 rings (SSSR count). The maximum Gasteiger partial charge on any atom is 0.170 e. The van der Waals surface area contributed by atoms with Crippen molar-refractivity contribution in [3.8, 4) is 0 Å². The van der Waals surface area contributed by atoms with Gasteiger partial charge in [0, 0.05) is 43.1 Å². The minimum Gasteiger partial charge on any atom is -0.352 e. The maximum atomic E-state index is 5.82. The zero-order valence-electron chi connectivity index (χ0n) is 19.3. The summed E-state index contributed by atoms with van der Waals surface area (Å²) in [5.41, 5.74) is 6.10. The summed E-state index contributed by atoms with van der Waals surface area (Å²) in [6.07, 6.45) is 6.62. The SMILES string of the molecule is Cc1cc(C2C(c3ccccn3)NC(=S)N2CCCN(C)C)c(C)n1Cc1ccncc1. The fourth-order valence-electron chi connectivity index (χ4n) is 4.58. The van der Waals surface area contributed by atoms with Crippen LogP contribution in [-0.2, 0) is 6.54 Å². The molecular weight excluding hydrogens is 416 g/mol. The smallest absolute Gasteiger partial charge is 0.170 e. The molecule has 3 aromatic rings. The molecule has 4 heterocycles. The fourth-order valence-corrected chi connectivity index (χ4v) is 4.92. The van der Waals surface area contributed by atoms with E-state index in [1.165, 1.54) is 22.5 Å². The molecule has 1 saturated heterocycles. The molecule has 1 fully saturated rings. The molecule has 1 aliphatic rings. The number of thiocarbonyl (C=S) groups is 1. The zero-order chi connectivity index (χ0) is 22.7. The van der Waals surface area contributed by atoms with Gasteiger partial charge in [0.05, 0.1) is 17.8 Å². The predicted molar refractivity (Wildman–Crippen MR) is 133 cm³/mol. The highest BCUT2D eigenvalue weighted by atomic mass is 32.1. The zero-order valence-corrected chi connectivity index (χ0v) is 20.1. The van der Waals surface area contributed by atoms with E-state index in [1.54, 1.807) is 0 Å². The molecule has 0 amide bonds. The Morgan fingerprint density at radius 1 is 1.09 bits per heavy atom. The van der Waals surface area contributed by atoms with E-state index in [-0.39, 0.29) is 12.1 Å². The average molecular weight is 449 g/mol. The van der Waals surface area contributed by atoms with Crippen LogP contribution in [0.1, 0.15) is 46.7 Å². The number of aromatic nitrogens is 3. The van der Waals surface area contributed by atoms with E-state index < -0.39 is 0 Å². The van der Waals surface area contributed by atoms with Gasteiger partial charge in [0.2, 0.25) is 0 Å². The first-order valence-corrected chi connectivity index (χ1v) is 11.5. The summed E-state index contributed by atoms with van der Waals surface area (Å²) in [5.74, 6) is 0. The number of hydrogen-bond donors (Lipinski definition) is 1. The lowest BCUT2D eigenvalue weighted by molar-refractivity contribution is 0.292. The van der Waals surface area contributed by atoms with Crippen molar-refractivity contribution < 1.29 is 0 Å². The van der Waals surface area contributed by atoms with Crippen LogP contribution in [0.15, 0.2) is 55.0 Å². The largest absolute Gasteiger partial charge is 0.352 e. The van der Waals surface area contributed by atoms with Gasteiger partial charge in [-0.1, -0.05) is 6.07 Å². The van der Waals surface area contributed by atoms with Gasteiger partial charge in [-0.2, -0.15) is 0 Å². The summed E-state index contributed by atoms with van der Waals surface area (Å²) >= 11 is 5.82. The average Bonchev–Trinajstić information content (AvgIpc) is 3.25. The van der Waals surface area contributed by atoms with Gasteiger partial charge in [-0.25, -0.2) is 0 Å². The van der Waals surface area contributed by atoms with Gasteiger partial charge >= 0.3 is 0 Å². The second-order valence-electron chi connectivity index (χ2n) is 8.74. The summed E-state index contributed by atoms with van der Waals surface area (Å²) in [4.78, 5) is 13.4. The standard InChI is InChI=1S/C25H32N6S/c1-18-16-21(19(2)31(18)17-20-9-12-26-13-10-20)24-23(22-8-5-6-11-27-22)28-25(32)30(24)15-7-14-29(3)4/h5-6,8-13,16,23-24H,7,14-15,17H2,1-4H3,(H,28,32). The quantitative estimate of drug-likeness (QED) is 0.528. The van der Waals surface area contributed by atoms with Crippen LogP contribution in [0.25, 0.3) is 0 Å². The number of hydrogen-bond acceptors (Lipinski definition) is 4. The summed E-state index contributed by atoms with van der Waals surface area (Å²) in [7, 11) is 4.23. The van der Waals surface area contributed by atoms with E-state index in [9.17, 15) is 0 Å². The number of nitrogens with zero attached hydrogens (tertiary/aromatic N) is 5. The maximum absolute atomic E-state index is 5.82. The second-order valence-corrected chi connectivity index (χ2v) is 9.13.